The Balaban J connectivity index is 2.06. The number of carbonyl (C=O) groups is 1. The van der Waals surface area contributed by atoms with Gasteiger partial charge in [-0.1, -0.05) is 48.5 Å². The Bertz CT molecular complexity index is 553. The molecule has 2 aromatic rings. The summed E-state index contributed by atoms with van der Waals surface area (Å²) in [5, 5.41) is 0.142. The molecule has 90 valence electrons. The average molecular weight is 256 g/mol. The first-order valence-electron chi connectivity index (χ1n) is 5.42. The molecule has 0 aromatic heterocycles. The zero-order chi connectivity index (χ0) is 12.8. The third-order valence-electron chi connectivity index (χ3n) is 2.20. The summed E-state index contributed by atoms with van der Waals surface area (Å²) in [6.45, 7) is 0. The van der Waals surface area contributed by atoms with Gasteiger partial charge in [0, 0.05) is 5.56 Å². The van der Waals surface area contributed by atoms with Gasteiger partial charge in [0.05, 0.1) is 5.69 Å². The topological polar surface area (TPSA) is 55.4 Å². The van der Waals surface area contributed by atoms with E-state index in [2.05, 4.69) is 4.99 Å². The van der Waals surface area contributed by atoms with Crippen LogP contribution in [0.25, 0.3) is 0 Å². The van der Waals surface area contributed by atoms with Gasteiger partial charge >= 0.3 is 0 Å². The van der Waals surface area contributed by atoms with Crippen LogP contribution in [-0.2, 0) is 0 Å². The van der Waals surface area contributed by atoms with Gasteiger partial charge in [0.25, 0.3) is 0 Å². The Morgan fingerprint density at radius 3 is 2.11 bits per heavy atom. The molecule has 0 amide bonds. The zero-order valence-corrected chi connectivity index (χ0v) is 10.4. The fraction of sp³-hybridized carbons (Fsp3) is 0. The highest BCUT2D eigenvalue weighted by atomic mass is 32.2. The van der Waals surface area contributed by atoms with Crippen molar-refractivity contribution in [3.8, 4) is 0 Å². The number of hydrogen-bond acceptors (Lipinski definition) is 3. The van der Waals surface area contributed by atoms with E-state index >= 15 is 0 Å². The van der Waals surface area contributed by atoms with Crippen LogP contribution in [0.3, 0.4) is 0 Å². The summed E-state index contributed by atoms with van der Waals surface area (Å²) in [6.07, 6.45) is 0. The highest BCUT2D eigenvalue weighted by Gasteiger charge is 2.08. The van der Waals surface area contributed by atoms with Gasteiger partial charge in [-0.05, 0) is 23.9 Å². The molecule has 0 fully saturated rings. The number of nitrogens with zero attached hydrogens (tertiary/aromatic N) is 1. The highest BCUT2D eigenvalue weighted by Crippen LogP contribution is 2.16. The minimum atomic E-state index is -0.104. The Morgan fingerprint density at radius 1 is 0.944 bits per heavy atom. The number of aliphatic imine (C=N–C) groups is 1. The zero-order valence-electron chi connectivity index (χ0n) is 9.61. The summed E-state index contributed by atoms with van der Waals surface area (Å²) in [6, 6.07) is 18.3. The third-order valence-corrected chi connectivity index (χ3v) is 2.92. The summed E-state index contributed by atoms with van der Waals surface area (Å²) in [5.74, 6) is 0. The standard InChI is InChI=1S/C14H12N2OS/c15-14(16-12-9-5-2-6-10-12)18-13(17)11-7-3-1-4-8-11/h1-10H,(H2,15,16). The van der Waals surface area contributed by atoms with Crippen molar-refractivity contribution in [2.45, 2.75) is 0 Å². The first kappa shape index (κ1) is 12.4. The Kier molecular flexibility index (Phi) is 4.15. The summed E-state index contributed by atoms with van der Waals surface area (Å²) < 4.78 is 0. The van der Waals surface area contributed by atoms with Crippen molar-refractivity contribution in [3.63, 3.8) is 0 Å². The van der Waals surface area contributed by atoms with Gasteiger partial charge in [0.15, 0.2) is 5.17 Å². The fourth-order valence-electron chi connectivity index (χ4n) is 1.38. The van der Waals surface area contributed by atoms with Crippen molar-refractivity contribution in [2.75, 3.05) is 0 Å². The monoisotopic (exact) mass is 256 g/mol. The van der Waals surface area contributed by atoms with Crippen molar-refractivity contribution >= 4 is 27.7 Å². The normalized spacial score (nSPS) is 11.2. The second-order valence-corrected chi connectivity index (χ2v) is 4.53. The second kappa shape index (κ2) is 6.02. The maximum Gasteiger partial charge on any atom is 0.226 e. The largest absolute Gasteiger partial charge is 0.378 e. The van der Waals surface area contributed by atoms with E-state index in [1.54, 1.807) is 12.1 Å². The molecule has 0 heterocycles. The first-order valence-corrected chi connectivity index (χ1v) is 6.24. The Labute approximate surface area is 110 Å². The lowest BCUT2D eigenvalue weighted by atomic mass is 10.2. The molecule has 0 bridgehead atoms. The van der Waals surface area contributed by atoms with Crippen LogP contribution in [0.2, 0.25) is 0 Å². The van der Waals surface area contributed by atoms with Crippen LogP contribution < -0.4 is 5.73 Å². The number of thioether (sulfide) groups is 1. The molecule has 0 spiro atoms. The van der Waals surface area contributed by atoms with E-state index in [0.29, 0.717) is 5.56 Å². The number of para-hydroxylation sites is 1. The summed E-state index contributed by atoms with van der Waals surface area (Å²) in [5.41, 5.74) is 7.09. The number of nitrogens with two attached hydrogens (primary N) is 1. The molecule has 0 saturated heterocycles. The smallest absolute Gasteiger partial charge is 0.226 e. The van der Waals surface area contributed by atoms with Gasteiger partial charge in [-0.3, -0.25) is 4.79 Å². The molecule has 0 saturated carbocycles. The van der Waals surface area contributed by atoms with E-state index < -0.39 is 0 Å². The molecule has 4 heteroatoms. The second-order valence-electron chi connectivity index (χ2n) is 3.54. The molecule has 0 unspecified atom stereocenters. The number of hydrogen-bond donors (Lipinski definition) is 1. The van der Waals surface area contributed by atoms with Gasteiger partial charge in [-0.2, -0.15) is 0 Å². The predicted octanol–water partition coefficient (Wildman–Crippen LogP) is 3.21. The Hall–Kier alpha value is -2.07. The maximum absolute atomic E-state index is 11.8. The van der Waals surface area contributed by atoms with E-state index in [9.17, 15) is 4.79 Å². The molecule has 0 aliphatic rings. The van der Waals surface area contributed by atoms with E-state index in [-0.39, 0.29) is 10.3 Å². The molecule has 2 rings (SSSR count). The lowest BCUT2D eigenvalue weighted by Crippen LogP contribution is -2.09. The molecule has 0 atom stereocenters. The van der Waals surface area contributed by atoms with Gasteiger partial charge < -0.3 is 5.73 Å². The molecule has 18 heavy (non-hydrogen) atoms. The van der Waals surface area contributed by atoms with Crippen LogP contribution in [0.5, 0.6) is 0 Å². The minimum Gasteiger partial charge on any atom is -0.378 e. The van der Waals surface area contributed by atoms with Crippen molar-refractivity contribution in [3.05, 3.63) is 66.2 Å². The van der Waals surface area contributed by atoms with Gasteiger partial charge in [-0.25, -0.2) is 4.99 Å². The van der Waals surface area contributed by atoms with E-state index in [4.69, 9.17) is 5.73 Å². The lowest BCUT2D eigenvalue weighted by Gasteiger charge is -2.00. The molecule has 0 aliphatic heterocycles. The number of benzene rings is 2. The molecule has 2 aromatic carbocycles. The predicted molar refractivity (Wildman–Crippen MR) is 76.1 cm³/mol. The van der Waals surface area contributed by atoms with Crippen molar-refractivity contribution < 1.29 is 4.79 Å². The van der Waals surface area contributed by atoms with Crippen molar-refractivity contribution in [2.24, 2.45) is 10.7 Å². The lowest BCUT2D eigenvalue weighted by molar-refractivity contribution is 0.109. The molecule has 2 N–H and O–H groups in total. The van der Waals surface area contributed by atoms with Gasteiger partial charge in [0.1, 0.15) is 0 Å². The highest BCUT2D eigenvalue weighted by molar-refractivity contribution is 8.26. The van der Waals surface area contributed by atoms with Crippen LogP contribution in [0.15, 0.2) is 65.7 Å². The third kappa shape index (κ3) is 3.46. The van der Waals surface area contributed by atoms with Crippen LogP contribution in [0.1, 0.15) is 10.4 Å². The van der Waals surface area contributed by atoms with Crippen molar-refractivity contribution in [1.29, 1.82) is 0 Å². The van der Waals surface area contributed by atoms with Crippen LogP contribution in [0, 0.1) is 0 Å². The molecule has 3 nitrogen and oxygen atoms in total. The summed E-state index contributed by atoms with van der Waals surface area (Å²) in [7, 11) is 0. The number of amidine groups is 1. The summed E-state index contributed by atoms with van der Waals surface area (Å²) >= 11 is 0.936. The van der Waals surface area contributed by atoms with E-state index in [1.807, 2.05) is 48.5 Å². The van der Waals surface area contributed by atoms with E-state index in [0.717, 1.165) is 17.4 Å². The minimum absolute atomic E-state index is 0.104. The molecular formula is C14H12N2OS. The van der Waals surface area contributed by atoms with E-state index in [1.165, 1.54) is 0 Å². The van der Waals surface area contributed by atoms with Gasteiger partial charge in [0.2, 0.25) is 5.12 Å². The van der Waals surface area contributed by atoms with Crippen LogP contribution >= 0.6 is 11.8 Å². The average Bonchev–Trinajstić information content (AvgIpc) is 2.40. The molecule has 0 radical (unpaired) electrons. The Morgan fingerprint density at radius 2 is 1.50 bits per heavy atom. The SMILES string of the molecule is NC(=Nc1ccccc1)SC(=O)c1ccccc1. The quantitative estimate of drug-likeness (QED) is 0.663. The maximum atomic E-state index is 11.8. The number of rotatable bonds is 2. The molecular weight excluding hydrogens is 244 g/mol. The molecule has 0 aliphatic carbocycles. The number of carbonyl (C=O) groups excluding carboxylic acids is 1. The fourth-order valence-corrected chi connectivity index (χ4v) is 1.98. The van der Waals surface area contributed by atoms with Crippen LogP contribution in [-0.4, -0.2) is 10.3 Å². The van der Waals surface area contributed by atoms with Crippen molar-refractivity contribution in [1.82, 2.24) is 0 Å². The summed E-state index contributed by atoms with van der Waals surface area (Å²) in [4.78, 5) is 16.0. The first-order chi connectivity index (χ1) is 8.75. The van der Waals surface area contributed by atoms with Gasteiger partial charge in [-0.15, -0.1) is 0 Å². The van der Waals surface area contributed by atoms with Crippen LogP contribution in [0.4, 0.5) is 5.69 Å².